The molecule has 0 aliphatic rings. The number of hydrogen-bond donors (Lipinski definition) is 1. The molecule has 1 heterocycles. The zero-order chi connectivity index (χ0) is 14.0. The van der Waals surface area contributed by atoms with Gasteiger partial charge in [-0.2, -0.15) is 13.2 Å². The summed E-state index contributed by atoms with van der Waals surface area (Å²) in [6.07, 6.45) is -1.79. The molecule has 19 heavy (non-hydrogen) atoms. The summed E-state index contributed by atoms with van der Waals surface area (Å²) in [7, 11) is 1.63. The van der Waals surface area contributed by atoms with E-state index in [9.17, 15) is 17.6 Å². The van der Waals surface area contributed by atoms with E-state index in [1.165, 1.54) is 18.6 Å². The van der Waals surface area contributed by atoms with Crippen LogP contribution < -0.4 is 5.32 Å². The topological polar surface area (TPSA) is 25.2 Å². The summed E-state index contributed by atoms with van der Waals surface area (Å²) in [5.74, 6) is -1.28. The van der Waals surface area contributed by atoms with Crippen molar-refractivity contribution in [3.8, 4) is 0 Å². The van der Waals surface area contributed by atoms with Crippen LogP contribution in [-0.2, 0) is 6.18 Å². The summed E-state index contributed by atoms with van der Waals surface area (Å²) in [6.45, 7) is 0. The molecule has 0 aliphatic carbocycles. The highest BCUT2D eigenvalue weighted by Crippen LogP contribution is 2.33. The Bertz CT molecular complexity index is 548. The standard InChI is InChI=1S/C13H11F4NO/c1-18-12(9-4-5-19-7-9)8-2-3-10(11(14)6-8)13(15,16)17/h2-7,12,18H,1H3. The van der Waals surface area contributed by atoms with Crippen LogP contribution in [0, 0.1) is 5.82 Å². The lowest BCUT2D eigenvalue weighted by atomic mass is 9.99. The van der Waals surface area contributed by atoms with Gasteiger partial charge in [-0.3, -0.25) is 0 Å². The predicted octanol–water partition coefficient (Wildman–Crippen LogP) is 3.75. The largest absolute Gasteiger partial charge is 0.472 e. The molecule has 2 rings (SSSR count). The van der Waals surface area contributed by atoms with E-state index < -0.39 is 23.6 Å². The van der Waals surface area contributed by atoms with Crippen LogP contribution in [0.1, 0.15) is 22.7 Å². The van der Waals surface area contributed by atoms with E-state index in [1.54, 1.807) is 13.1 Å². The first-order valence-corrected chi connectivity index (χ1v) is 5.49. The van der Waals surface area contributed by atoms with Crippen LogP contribution in [0.4, 0.5) is 17.6 Å². The smallest absolute Gasteiger partial charge is 0.419 e. The Balaban J connectivity index is 2.39. The first kappa shape index (κ1) is 13.6. The maximum Gasteiger partial charge on any atom is 0.419 e. The third kappa shape index (κ3) is 2.78. The van der Waals surface area contributed by atoms with E-state index in [-0.39, 0.29) is 0 Å². The molecule has 1 atom stereocenters. The Morgan fingerprint density at radius 3 is 2.37 bits per heavy atom. The lowest BCUT2D eigenvalue weighted by molar-refractivity contribution is -0.140. The molecule has 1 N–H and O–H groups in total. The highest BCUT2D eigenvalue weighted by atomic mass is 19.4. The Hall–Kier alpha value is -1.82. The van der Waals surface area contributed by atoms with E-state index in [1.807, 2.05) is 0 Å². The monoisotopic (exact) mass is 273 g/mol. The maximum absolute atomic E-state index is 13.5. The van der Waals surface area contributed by atoms with Crippen molar-refractivity contribution in [2.24, 2.45) is 0 Å². The summed E-state index contributed by atoms with van der Waals surface area (Å²) < 4.78 is 55.8. The molecule has 6 heteroatoms. The summed E-state index contributed by atoms with van der Waals surface area (Å²) in [5.41, 5.74) is -0.158. The molecule has 0 fully saturated rings. The molecule has 0 aliphatic heterocycles. The van der Waals surface area contributed by atoms with E-state index >= 15 is 0 Å². The fourth-order valence-electron chi connectivity index (χ4n) is 1.91. The number of furan rings is 1. The highest BCUT2D eigenvalue weighted by Gasteiger charge is 2.34. The maximum atomic E-state index is 13.5. The van der Waals surface area contributed by atoms with Crippen molar-refractivity contribution in [3.05, 3.63) is 59.3 Å². The number of halogens is 4. The number of alkyl halides is 3. The Morgan fingerprint density at radius 1 is 1.16 bits per heavy atom. The van der Waals surface area contributed by atoms with Gasteiger partial charge in [-0.25, -0.2) is 4.39 Å². The van der Waals surface area contributed by atoms with E-state index in [0.29, 0.717) is 11.1 Å². The molecule has 2 aromatic rings. The minimum Gasteiger partial charge on any atom is -0.472 e. The van der Waals surface area contributed by atoms with Gasteiger partial charge in [0.05, 0.1) is 24.1 Å². The zero-order valence-corrected chi connectivity index (χ0v) is 9.96. The van der Waals surface area contributed by atoms with Crippen molar-refractivity contribution in [2.75, 3.05) is 7.05 Å². The van der Waals surface area contributed by atoms with Crippen LogP contribution in [-0.4, -0.2) is 7.05 Å². The molecule has 1 aromatic heterocycles. The molecular formula is C13H11F4NO. The molecule has 2 nitrogen and oxygen atoms in total. The van der Waals surface area contributed by atoms with Gasteiger partial charge in [0.1, 0.15) is 5.82 Å². The van der Waals surface area contributed by atoms with Gasteiger partial charge in [0, 0.05) is 5.56 Å². The molecule has 1 unspecified atom stereocenters. The predicted molar refractivity (Wildman–Crippen MR) is 61.0 cm³/mol. The average molecular weight is 273 g/mol. The summed E-state index contributed by atoms with van der Waals surface area (Å²) in [5, 5.41) is 2.90. The first-order valence-electron chi connectivity index (χ1n) is 5.49. The third-order valence-electron chi connectivity index (χ3n) is 2.80. The van der Waals surface area contributed by atoms with Crippen molar-refractivity contribution >= 4 is 0 Å². The SMILES string of the molecule is CNC(c1ccoc1)c1ccc(C(F)(F)F)c(F)c1. The molecule has 102 valence electrons. The quantitative estimate of drug-likeness (QED) is 0.862. The van der Waals surface area contributed by atoms with Gasteiger partial charge < -0.3 is 9.73 Å². The fourth-order valence-corrected chi connectivity index (χ4v) is 1.91. The average Bonchev–Trinajstić information content (AvgIpc) is 2.82. The second-order valence-electron chi connectivity index (χ2n) is 4.02. The van der Waals surface area contributed by atoms with Crippen LogP contribution in [0.25, 0.3) is 0 Å². The molecule has 0 saturated heterocycles. The Kier molecular flexibility index (Phi) is 3.61. The third-order valence-corrected chi connectivity index (χ3v) is 2.80. The normalized spacial score (nSPS) is 13.5. The Morgan fingerprint density at radius 2 is 1.89 bits per heavy atom. The van der Waals surface area contributed by atoms with Crippen LogP contribution in [0.2, 0.25) is 0 Å². The molecule has 0 amide bonds. The van der Waals surface area contributed by atoms with Crippen LogP contribution in [0.5, 0.6) is 0 Å². The number of nitrogens with one attached hydrogen (secondary N) is 1. The second-order valence-corrected chi connectivity index (χ2v) is 4.02. The number of rotatable bonds is 3. The van der Waals surface area contributed by atoms with E-state index in [0.717, 1.165) is 12.1 Å². The molecule has 1 aromatic carbocycles. The van der Waals surface area contributed by atoms with Crippen LogP contribution in [0.3, 0.4) is 0 Å². The Labute approximate surface area is 107 Å². The van der Waals surface area contributed by atoms with Gasteiger partial charge in [-0.15, -0.1) is 0 Å². The minimum atomic E-state index is -4.69. The molecule has 0 saturated carbocycles. The fraction of sp³-hybridized carbons (Fsp3) is 0.231. The van der Waals surface area contributed by atoms with E-state index in [2.05, 4.69) is 5.32 Å². The molecule has 0 bridgehead atoms. The first-order chi connectivity index (χ1) is 8.93. The van der Waals surface area contributed by atoms with Crippen molar-refractivity contribution in [1.29, 1.82) is 0 Å². The van der Waals surface area contributed by atoms with Crippen molar-refractivity contribution in [1.82, 2.24) is 5.32 Å². The molecule has 0 radical (unpaired) electrons. The summed E-state index contributed by atoms with van der Waals surface area (Å²) >= 11 is 0. The second kappa shape index (κ2) is 5.05. The van der Waals surface area contributed by atoms with Crippen LogP contribution in [0.15, 0.2) is 41.2 Å². The lowest BCUT2D eigenvalue weighted by Gasteiger charge is -2.16. The minimum absolute atomic E-state index is 0.398. The molecular weight excluding hydrogens is 262 g/mol. The van der Waals surface area contributed by atoms with Gasteiger partial charge in [0.15, 0.2) is 0 Å². The van der Waals surface area contributed by atoms with Crippen molar-refractivity contribution in [3.63, 3.8) is 0 Å². The van der Waals surface area contributed by atoms with Gasteiger partial charge in [-0.1, -0.05) is 6.07 Å². The number of benzene rings is 1. The number of hydrogen-bond acceptors (Lipinski definition) is 2. The van der Waals surface area contributed by atoms with Crippen LogP contribution >= 0.6 is 0 Å². The summed E-state index contributed by atoms with van der Waals surface area (Å²) in [6, 6.07) is 4.12. The van der Waals surface area contributed by atoms with Crippen molar-refractivity contribution < 1.29 is 22.0 Å². The van der Waals surface area contributed by atoms with Gasteiger partial charge in [-0.05, 0) is 30.8 Å². The molecule has 0 spiro atoms. The van der Waals surface area contributed by atoms with Crippen molar-refractivity contribution in [2.45, 2.75) is 12.2 Å². The lowest BCUT2D eigenvalue weighted by Crippen LogP contribution is -2.18. The van der Waals surface area contributed by atoms with Gasteiger partial charge in [0.25, 0.3) is 0 Å². The highest BCUT2D eigenvalue weighted by molar-refractivity contribution is 5.33. The zero-order valence-electron chi connectivity index (χ0n) is 9.96. The van der Waals surface area contributed by atoms with Gasteiger partial charge >= 0.3 is 6.18 Å². The van der Waals surface area contributed by atoms with Gasteiger partial charge in [0.2, 0.25) is 0 Å². The summed E-state index contributed by atoms with van der Waals surface area (Å²) in [4.78, 5) is 0. The van der Waals surface area contributed by atoms with E-state index in [4.69, 9.17) is 4.42 Å².